The van der Waals surface area contributed by atoms with E-state index in [4.69, 9.17) is 9.47 Å². The van der Waals surface area contributed by atoms with Crippen LogP contribution in [0, 0.1) is 0 Å². The topological polar surface area (TPSA) is 52.6 Å². The van der Waals surface area contributed by atoms with Gasteiger partial charge in [-0.25, -0.2) is 4.79 Å². The van der Waals surface area contributed by atoms with E-state index in [1.54, 1.807) is 6.08 Å². The zero-order valence-corrected chi connectivity index (χ0v) is 12.4. The summed E-state index contributed by atoms with van der Waals surface area (Å²) in [7, 11) is 0. The lowest BCUT2D eigenvalue weighted by Crippen LogP contribution is -2.16. The number of allylic oxidation sites excluding steroid dienone is 1. The van der Waals surface area contributed by atoms with Gasteiger partial charge in [0.05, 0.1) is 12.2 Å². The first-order valence-electron chi connectivity index (χ1n) is 7.17. The molecule has 0 heterocycles. The van der Waals surface area contributed by atoms with E-state index < -0.39 is 0 Å². The lowest BCUT2D eigenvalue weighted by Gasteiger charge is -2.09. The Kier molecular flexibility index (Phi) is 10.9. The Hall–Kier alpha value is -1.32. The molecule has 0 saturated heterocycles. The highest BCUT2D eigenvalue weighted by Gasteiger charge is 2.13. The molecule has 0 aromatic carbocycles. The fourth-order valence-electron chi connectivity index (χ4n) is 1.36. The maximum absolute atomic E-state index is 11.8. The predicted molar refractivity (Wildman–Crippen MR) is 74.7 cm³/mol. The summed E-state index contributed by atoms with van der Waals surface area (Å²) in [4.78, 5) is 23.1. The van der Waals surface area contributed by atoms with E-state index in [0.29, 0.717) is 18.6 Å². The zero-order valence-electron chi connectivity index (χ0n) is 12.4. The first-order chi connectivity index (χ1) is 9.15. The smallest absolute Gasteiger partial charge is 0.337 e. The number of esters is 2. The lowest BCUT2D eigenvalue weighted by atomic mass is 10.2. The van der Waals surface area contributed by atoms with Crippen LogP contribution < -0.4 is 0 Å². The minimum absolute atomic E-state index is 0.0177. The molecule has 0 aliphatic carbocycles. The largest absolute Gasteiger partial charge is 0.462 e. The number of ether oxygens (including phenoxy) is 2. The van der Waals surface area contributed by atoms with Crippen LogP contribution in [0.2, 0.25) is 0 Å². The van der Waals surface area contributed by atoms with Gasteiger partial charge < -0.3 is 9.47 Å². The molecule has 0 aromatic heterocycles. The van der Waals surface area contributed by atoms with Gasteiger partial charge in [-0.15, -0.1) is 0 Å². The number of hydrogen-bond donors (Lipinski definition) is 0. The molecular weight excluding hydrogens is 244 g/mol. The van der Waals surface area contributed by atoms with Crippen LogP contribution in [0.4, 0.5) is 0 Å². The van der Waals surface area contributed by atoms with Gasteiger partial charge >= 0.3 is 11.9 Å². The number of carbonyl (C=O) groups is 2. The van der Waals surface area contributed by atoms with Crippen molar-refractivity contribution >= 4 is 11.9 Å². The molecular formula is C15H26O4. The van der Waals surface area contributed by atoms with E-state index in [1.165, 1.54) is 0 Å². The maximum atomic E-state index is 11.8. The molecule has 19 heavy (non-hydrogen) atoms. The van der Waals surface area contributed by atoms with Gasteiger partial charge in [-0.05, 0) is 19.3 Å². The maximum Gasteiger partial charge on any atom is 0.337 e. The van der Waals surface area contributed by atoms with E-state index >= 15 is 0 Å². The van der Waals surface area contributed by atoms with E-state index in [0.717, 1.165) is 32.1 Å². The van der Waals surface area contributed by atoms with Crippen LogP contribution in [0.5, 0.6) is 0 Å². The lowest BCUT2D eigenvalue weighted by molar-refractivity contribution is -0.144. The van der Waals surface area contributed by atoms with Crippen LogP contribution in [-0.4, -0.2) is 25.2 Å². The highest BCUT2D eigenvalue weighted by molar-refractivity contribution is 5.89. The van der Waals surface area contributed by atoms with Crippen LogP contribution >= 0.6 is 0 Å². The third-order valence-corrected chi connectivity index (χ3v) is 2.52. The van der Waals surface area contributed by atoms with Crippen molar-refractivity contribution in [3.8, 4) is 0 Å². The molecule has 0 aromatic rings. The van der Waals surface area contributed by atoms with Crippen LogP contribution in [0.25, 0.3) is 0 Å². The molecule has 0 bridgehead atoms. The molecule has 0 aliphatic rings. The highest BCUT2D eigenvalue weighted by atomic mass is 16.5. The Morgan fingerprint density at radius 1 is 1.00 bits per heavy atom. The number of carbonyl (C=O) groups excluding carboxylic acids is 2. The van der Waals surface area contributed by atoms with Crippen molar-refractivity contribution in [2.75, 3.05) is 13.2 Å². The Bertz CT molecular complexity index is 295. The van der Waals surface area contributed by atoms with Crippen molar-refractivity contribution in [1.82, 2.24) is 0 Å². The quantitative estimate of drug-likeness (QED) is 0.347. The highest BCUT2D eigenvalue weighted by Crippen LogP contribution is 2.05. The summed E-state index contributed by atoms with van der Waals surface area (Å²) in [6, 6.07) is 0. The summed E-state index contributed by atoms with van der Waals surface area (Å²) in [6.45, 7) is 6.41. The predicted octanol–water partition coefficient (Wildman–Crippen LogP) is 3.40. The summed E-state index contributed by atoms with van der Waals surface area (Å²) in [6.07, 6.45) is 6.47. The third-order valence-electron chi connectivity index (χ3n) is 2.52. The molecule has 0 unspecified atom stereocenters. The molecule has 0 spiro atoms. The monoisotopic (exact) mass is 270 g/mol. The van der Waals surface area contributed by atoms with Crippen LogP contribution in [0.1, 0.15) is 59.3 Å². The van der Waals surface area contributed by atoms with Gasteiger partial charge in [-0.1, -0.05) is 39.7 Å². The third kappa shape index (κ3) is 9.28. The van der Waals surface area contributed by atoms with Crippen molar-refractivity contribution in [2.45, 2.75) is 59.3 Å². The molecule has 0 amide bonds. The minimum atomic E-state index is -0.369. The normalized spacial score (nSPS) is 11.2. The summed E-state index contributed by atoms with van der Waals surface area (Å²) in [5.41, 5.74) is 0.447. The van der Waals surface area contributed by atoms with Gasteiger partial charge in [-0.3, -0.25) is 4.79 Å². The second-order valence-corrected chi connectivity index (χ2v) is 4.42. The number of rotatable bonds is 10. The van der Waals surface area contributed by atoms with Gasteiger partial charge in [0.25, 0.3) is 0 Å². The molecule has 0 atom stereocenters. The molecule has 110 valence electrons. The minimum Gasteiger partial charge on any atom is -0.462 e. The molecule has 4 nitrogen and oxygen atoms in total. The molecule has 0 radical (unpaired) electrons. The van der Waals surface area contributed by atoms with Gasteiger partial charge in [0.1, 0.15) is 6.61 Å². The van der Waals surface area contributed by atoms with Crippen molar-refractivity contribution in [3.63, 3.8) is 0 Å². The first kappa shape index (κ1) is 17.7. The Morgan fingerprint density at radius 3 is 2.32 bits per heavy atom. The molecule has 0 saturated carbocycles. The number of unbranched alkanes of at least 4 members (excludes halogenated alkanes) is 2. The number of hydrogen-bond acceptors (Lipinski definition) is 4. The molecule has 0 N–H and O–H groups in total. The average molecular weight is 270 g/mol. The van der Waals surface area contributed by atoms with Crippen molar-refractivity contribution in [2.24, 2.45) is 0 Å². The van der Waals surface area contributed by atoms with E-state index in [1.807, 2.05) is 20.8 Å². The zero-order chi connectivity index (χ0) is 14.5. The van der Waals surface area contributed by atoms with Gasteiger partial charge in [-0.2, -0.15) is 0 Å². The Labute approximate surface area is 116 Å². The van der Waals surface area contributed by atoms with Crippen LogP contribution in [0.3, 0.4) is 0 Å². The van der Waals surface area contributed by atoms with Gasteiger partial charge in [0.15, 0.2) is 0 Å². The second kappa shape index (κ2) is 11.8. The van der Waals surface area contributed by atoms with Crippen molar-refractivity contribution in [1.29, 1.82) is 0 Å². The van der Waals surface area contributed by atoms with Gasteiger partial charge in [0.2, 0.25) is 0 Å². The van der Waals surface area contributed by atoms with E-state index in [2.05, 4.69) is 0 Å². The van der Waals surface area contributed by atoms with Gasteiger partial charge in [0, 0.05) is 6.42 Å². The first-order valence-corrected chi connectivity index (χ1v) is 7.17. The Morgan fingerprint density at radius 2 is 1.74 bits per heavy atom. The van der Waals surface area contributed by atoms with Crippen molar-refractivity contribution in [3.05, 3.63) is 11.6 Å². The standard InChI is InChI=1S/C15H26O4/c1-4-7-10-13(12-19-14(16)9-6-3)15(17)18-11-8-5-2/h10H,4-9,11-12H2,1-3H3. The second-order valence-electron chi connectivity index (χ2n) is 4.42. The average Bonchev–Trinajstić information content (AvgIpc) is 2.39. The molecule has 0 fully saturated rings. The molecule has 4 heteroatoms. The summed E-state index contributed by atoms with van der Waals surface area (Å²) < 4.78 is 10.2. The summed E-state index contributed by atoms with van der Waals surface area (Å²) in [5.74, 6) is -0.641. The molecule has 0 aliphatic heterocycles. The SMILES string of the molecule is CCCC=C(COC(=O)CCC)C(=O)OCCCC. The van der Waals surface area contributed by atoms with Crippen LogP contribution in [-0.2, 0) is 19.1 Å². The molecule has 0 rings (SSSR count). The summed E-state index contributed by atoms with van der Waals surface area (Å²) >= 11 is 0. The van der Waals surface area contributed by atoms with Crippen molar-refractivity contribution < 1.29 is 19.1 Å². The van der Waals surface area contributed by atoms with Crippen LogP contribution in [0.15, 0.2) is 11.6 Å². The van der Waals surface area contributed by atoms with E-state index in [9.17, 15) is 9.59 Å². The Balaban J connectivity index is 4.29. The van der Waals surface area contributed by atoms with E-state index in [-0.39, 0.29) is 18.5 Å². The fraction of sp³-hybridized carbons (Fsp3) is 0.733. The summed E-state index contributed by atoms with van der Waals surface area (Å²) in [5, 5.41) is 0. The fourth-order valence-corrected chi connectivity index (χ4v) is 1.36.